The van der Waals surface area contributed by atoms with Gasteiger partial charge in [0.05, 0.1) is 10.6 Å². The van der Waals surface area contributed by atoms with Gasteiger partial charge in [-0.15, -0.1) is 12.4 Å². The third-order valence-electron chi connectivity index (χ3n) is 5.52. The van der Waals surface area contributed by atoms with E-state index in [9.17, 15) is 27.6 Å². The van der Waals surface area contributed by atoms with Crippen molar-refractivity contribution in [3.63, 3.8) is 0 Å². The van der Waals surface area contributed by atoms with Crippen molar-refractivity contribution in [2.24, 2.45) is 5.73 Å². The van der Waals surface area contributed by atoms with E-state index in [-0.39, 0.29) is 42.3 Å². The molecule has 1 atom stereocenters. The summed E-state index contributed by atoms with van der Waals surface area (Å²) in [6, 6.07) is 7.46. The molecule has 0 aliphatic carbocycles. The van der Waals surface area contributed by atoms with Crippen LogP contribution in [-0.4, -0.2) is 48.6 Å². The van der Waals surface area contributed by atoms with Crippen LogP contribution in [0.4, 0.5) is 35.2 Å². The fraction of sp³-hybridized carbons (Fsp3) is 0.167. The maximum atomic E-state index is 13.1. The lowest BCUT2D eigenvalue weighted by Crippen LogP contribution is -2.31. The number of carbonyl (C=O) groups is 3. The molecule has 0 fully saturated rings. The van der Waals surface area contributed by atoms with Gasteiger partial charge in [-0.1, -0.05) is 11.6 Å². The molecule has 0 spiro atoms. The topological polar surface area (TPSA) is 177 Å². The van der Waals surface area contributed by atoms with Crippen LogP contribution in [0.1, 0.15) is 18.4 Å². The van der Waals surface area contributed by atoms with Crippen LogP contribution in [0.2, 0.25) is 5.02 Å². The van der Waals surface area contributed by atoms with Gasteiger partial charge in [-0.05, 0) is 48.9 Å². The summed E-state index contributed by atoms with van der Waals surface area (Å²) in [6.07, 6.45) is -2.20. The number of nitrogens with two attached hydrogens (primary N) is 1. The molecule has 12 nitrogen and oxygen atoms in total. The molecule has 4 aromatic rings. The van der Waals surface area contributed by atoms with Crippen molar-refractivity contribution in [1.29, 1.82) is 0 Å². The molecular formula is C24H21Cl2F3N8O4. The normalized spacial score (nSPS) is 11.8. The van der Waals surface area contributed by atoms with Gasteiger partial charge in [-0.25, -0.2) is 19.7 Å². The van der Waals surface area contributed by atoms with Gasteiger partial charge >= 0.3 is 18.2 Å². The van der Waals surface area contributed by atoms with Crippen LogP contribution >= 0.6 is 24.0 Å². The van der Waals surface area contributed by atoms with Crippen molar-refractivity contribution in [3.8, 4) is 5.69 Å². The molecule has 0 unspecified atom stereocenters. The van der Waals surface area contributed by atoms with Crippen LogP contribution < -0.4 is 21.7 Å². The fourth-order valence-corrected chi connectivity index (χ4v) is 3.76. The quantitative estimate of drug-likeness (QED) is 0.190. The third-order valence-corrected chi connectivity index (χ3v) is 5.85. The summed E-state index contributed by atoms with van der Waals surface area (Å²) >= 11 is 5.60. The van der Waals surface area contributed by atoms with E-state index < -0.39 is 40.7 Å². The van der Waals surface area contributed by atoms with E-state index in [0.717, 1.165) is 12.1 Å². The average Bonchev–Trinajstić information content (AvgIpc) is 3.33. The highest BCUT2D eigenvalue weighted by atomic mass is 35.5. The van der Waals surface area contributed by atoms with E-state index >= 15 is 0 Å². The second-order valence-electron chi connectivity index (χ2n) is 8.36. The minimum absolute atomic E-state index is 0. The number of alkyl halides is 3. The highest BCUT2D eigenvalue weighted by molar-refractivity contribution is 6.31. The Balaban J connectivity index is 0.00000462. The number of aromatic nitrogens is 4. The zero-order valence-corrected chi connectivity index (χ0v) is 22.2. The molecule has 2 aromatic carbocycles. The second-order valence-corrected chi connectivity index (χ2v) is 8.77. The van der Waals surface area contributed by atoms with E-state index in [2.05, 4.69) is 30.9 Å². The van der Waals surface area contributed by atoms with E-state index in [0.29, 0.717) is 17.0 Å². The molecule has 41 heavy (non-hydrogen) atoms. The highest BCUT2D eigenvalue weighted by Crippen LogP contribution is 2.36. The molecule has 0 aliphatic heterocycles. The van der Waals surface area contributed by atoms with Crippen LogP contribution in [0, 0.1) is 0 Å². The van der Waals surface area contributed by atoms with Gasteiger partial charge in [0, 0.05) is 23.5 Å². The molecular weight excluding hydrogens is 592 g/mol. The molecule has 6 N–H and O–H groups in total. The summed E-state index contributed by atoms with van der Waals surface area (Å²) in [5.74, 6) is -1.57. The summed E-state index contributed by atoms with van der Waals surface area (Å²) in [7, 11) is 0. The number of benzene rings is 2. The Hall–Kier alpha value is -4.47. The summed E-state index contributed by atoms with van der Waals surface area (Å²) in [5, 5.41) is 15.8. The first kappa shape index (κ1) is 31.1. The van der Waals surface area contributed by atoms with E-state index in [1.807, 2.05) is 0 Å². The Morgan fingerprint density at radius 3 is 2.32 bits per heavy atom. The number of hydrogen-bond donors (Lipinski definition) is 5. The Bertz CT molecular complexity index is 1580. The molecule has 0 aliphatic rings. The van der Waals surface area contributed by atoms with Crippen LogP contribution in [0.15, 0.2) is 55.1 Å². The number of nitrogens with zero attached hydrogens (tertiary/aromatic N) is 4. The van der Waals surface area contributed by atoms with Gasteiger partial charge < -0.3 is 26.8 Å². The summed E-state index contributed by atoms with van der Waals surface area (Å²) < 4.78 is 40.8. The SMILES string of the molecule is Cl.N[C@@H](CCC(=O)Nc1ncnc2c1ncn2-c1ccc(NC(=O)Nc2ccc(Cl)c(C(F)(F)F)c2)cc1)C(=O)O. The second kappa shape index (κ2) is 12.8. The highest BCUT2D eigenvalue weighted by Gasteiger charge is 2.33. The van der Waals surface area contributed by atoms with Gasteiger partial charge in [0.15, 0.2) is 17.0 Å². The van der Waals surface area contributed by atoms with Gasteiger partial charge in [0.25, 0.3) is 0 Å². The summed E-state index contributed by atoms with van der Waals surface area (Å²) in [5.41, 5.74) is 5.82. The number of carboxylic acid groups (broad SMARTS) is 1. The monoisotopic (exact) mass is 612 g/mol. The number of rotatable bonds is 8. The van der Waals surface area contributed by atoms with Crippen molar-refractivity contribution in [1.82, 2.24) is 19.5 Å². The van der Waals surface area contributed by atoms with E-state index in [4.69, 9.17) is 22.4 Å². The largest absolute Gasteiger partial charge is 0.480 e. The molecule has 0 radical (unpaired) electrons. The molecule has 2 heterocycles. The first-order chi connectivity index (χ1) is 18.9. The average molecular weight is 613 g/mol. The van der Waals surface area contributed by atoms with Gasteiger partial charge in [0.2, 0.25) is 5.91 Å². The number of hydrogen-bond acceptors (Lipinski definition) is 7. The van der Waals surface area contributed by atoms with Crippen molar-refractivity contribution in [3.05, 3.63) is 65.7 Å². The third kappa shape index (κ3) is 7.59. The van der Waals surface area contributed by atoms with Crippen molar-refractivity contribution < 1.29 is 32.7 Å². The number of halogens is 5. The minimum Gasteiger partial charge on any atom is -0.480 e. The zero-order chi connectivity index (χ0) is 29.0. The maximum absolute atomic E-state index is 13.1. The molecule has 3 amide bonds. The zero-order valence-electron chi connectivity index (χ0n) is 20.6. The predicted molar refractivity (Wildman–Crippen MR) is 146 cm³/mol. The molecule has 0 saturated carbocycles. The van der Waals surface area contributed by atoms with Gasteiger partial charge in [-0.3, -0.25) is 14.2 Å². The number of aliphatic carboxylic acids is 1. The number of urea groups is 1. The summed E-state index contributed by atoms with van der Waals surface area (Å²) in [6.45, 7) is 0. The van der Waals surface area contributed by atoms with Crippen molar-refractivity contribution in [2.45, 2.75) is 25.1 Å². The Kier molecular flexibility index (Phi) is 9.70. The van der Waals surface area contributed by atoms with Crippen LogP contribution in [-0.2, 0) is 15.8 Å². The molecule has 0 saturated heterocycles. The minimum atomic E-state index is -4.67. The Morgan fingerprint density at radius 1 is 1.00 bits per heavy atom. The smallest absolute Gasteiger partial charge is 0.417 e. The standard InChI is InChI=1S/C24H20ClF3N8O4.ClH/c25-16-6-3-13(9-15(16)24(26,27)28)34-23(40)33-12-1-4-14(5-2-12)36-11-32-19-20(30-10-31-21(19)36)35-18(37)8-7-17(29)22(38)39;/h1-6,9-11,17H,7-8,29H2,(H,38,39)(H2,33,34,40)(H,30,31,35,37);1H/t17-;/m0./s1. The maximum Gasteiger partial charge on any atom is 0.417 e. The lowest BCUT2D eigenvalue weighted by Gasteiger charge is -2.12. The number of fused-ring (bicyclic) bond motifs is 1. The molecule has 2 aromatic heterocycles. The lowest BCUT2D eigenvalue weighted by molar-refractivity contribution is -0.139. The molecule has 0 bridgehead atoms. The number of carboxylic acids is 1. The predicted octanol–water partition coefficient (Wildman–Crippen LogP) is 4.68. The number of imidazole rings is 1. The first-order valence-corrected chi connectivity index (χ1v) is 11.8. The van der Waals surface area contributed by atoms with Crippen molar-refractivity contribution in [2.75, 3.05) is 16.0 Å². The van der Waals surface area contributed by atoms with Gasteiger partial charge in [0.1, 0.15) is 18.7 Å². The van der Waals surface area contributed by atoms with E-state index in [1.165, 1.54) is 18.7 Å². The fourth-order valence-electron chi connectivity index (χ4n) is 3.54. The van der Waals surface area contributed by atoms with Crippen LogP contribution in [0.5, 0.6) is 0 Å². The molecule has 216 valence electrons. The Morgan fingerprint density at radius 2 is 1.66 bits per heavy atom. The molecule has 4 rings (SSSR count). The van der Waals surface area contributed by atoms with Crippen LogP contribution in [0.25, 0.3) is 16.9 Å². The van der Waals surface area contributed by atoms with Crippen LogP contribution in [0.3, 0.4) is 0 Å². The van der Waals surface area contributed by atoms with Crippen molar-refractivity contribution >= 4 is 70.3 Å². The number of anilines is 3. The first-order valence-electron chi connectivity index (χ1n) is 11.4. The number of nitrogens with one attached hydrogen (secondary N) is 3. The number of amides is 3. The Labute approximate surface area is 240 Å². The number of carbonyl (C=O) groups excluding carboxylic acids is 2. The lowest BCUT2D eigenvalue weighted by atomic mass is 10.1. The van der Waals surface area contributed by atoms with E-state index in [1.54, 1.807) is 28.8 Å². The molecule has 17 heteroatoms. The van der Waals surface area contributed by atoms with Gasteiger partial charge in [-0.2, -0.15) is 13.2 Å². The summed E-state index contributed by atoms with van der Waals surface area (Å²) in [4.78, 5) is 47.9.